The van der Waals surface area contributed by atoms with Crippen LogP contribution in [-0.2, 0) is 4.43 Å². The van der Waals surface area contributed by atoms with Crippen LogP contribution in [0, 0.1) is 5.92 Å². The lowest BCUT2D eigenvalue weighted by Gasteiger charge is -2.43. The maximum Gasteiger partial charge on any atom is 0.261 e. The molecule has 0 bridgehead atoms. The van der Waals surface area contributed by atoms with Gasteiger partial charge in [-0.15, -0.1) is 0 Å². The van der Waals surface area contributed by atoms with Gasteiger partial charge in [0.2, 0.25) is 0 Å². The van der Waals surface area contributed by atoms with Gasteiger partial charge < -0.3 is 9.74 Å². The first kappa shape index (κ1) is 17.4. The highest BCUT2D eigenvalue weighted by Gasteiger charge is 2.51. The third kappa shape index (κ3) is 3.21. The van der Waals surface area contributed by atoms with E-state index in [9.17, 15) is 0 Å². The molecule has 1 fully saturated rings. The summed E-state index contributed by atoms with van der Waals surface area (Å²) in [7, 11) is -0.293. The van der Waals surface area contributed by atoms with Crippen LogP contribution in [0.1, 0.15) is 27.2 Å². The SMILES string of the molecule is CN[C@@H]1C[C@@H]1CO[Si](c1ccccc1)(c1ccccc1)C(C)(C)C. The van der Waals surface area contributed by atoms with E-state index in [1.54, 1.807) is 0 Å². The maximum atomic E-state index is 6.92. The summed E-state index contributed by atoms with van der Waals surface area (Å²) in [5.41, 5.74) is 0. The van der Waals surface area contributed by atoms with Crippen molar-refractivity contribution in [2.45, 2.75) is 38.3 Å². The molecule has 1 aliphatic rings. The average Bonchev–Trinajstić information content (AvgIpc) is 3.35. The van der Waals surface area contributed by atoms with E-state index in [0.717, 1.165) is 6.61 Å². The minimum Gasteiger partial charge on any atom is -0.407 e. The molecule has 0 aromatic heterocycles. The minimum absolute atomic E-state index is 0.0692. The number of nitrogens with one attached hydrogen (secondary N) is 1. The zero-order valence-corrected chi connectivity index (χ0v) is 16.3. The van der Waals surface area contributed by atoms with E-state index >= 15 is 0 Å². The van der Waals surface area contributed by atoms with Gasteiger partial charge in [-0.3, -0.25) is 0 Å². The molecule has 2 aromatic carbocycles. The van der Waals surface area contributed by atoms with Crippen molar-refractivity contribution in [3.05, 3.63) is 60.7 Å². The van der Waals surface area contributed by atoms with E-state index < -0.39 is 8.32 Å². The minimum atomic E-state index is -2.34. The van der Waals surface area contributed by atoms with Gasteiger partial charge in [0, 0.05) is 12.6 Å². The highest BCUT2D eigenvalue weighted by Crippen LogP contribution is 2.39. The molecule has 0 unspecified atom stereocenters. The van der Waals surface area contributed by atoms with Crippen LogP contribution in [0.5, 0.6) is 0 Å². The summed E-state index contributed by atoms with van der Waals surface area (Å²) in [6.45, 7) is 7.85. The van der Waals surface area contributed by atoms with Gasteiger partial charge in [-0.25, -0.2) is 0 Å². The Hall–Kier alpha value is -1.42. The maximum absolute atomic E-state index is 6.92. The van der Waals surface area contributed by atoms with E-state index in [4.69, 9.17) is 4.43 Å². The molecule has 0 amide bonds. The number of hydrogen-bond acceptors (Lipinski definition) is 2. The molecule has 3 heteroatoms. The van der Waals surface area contributed by atoms with E-state index in [-0.39, 0.29) is 5.04 Å². The van der Waals surface area contributed by atoms with Gasteiger partial charge in [0.15, 0.2) is 0 Å². The Morgan fingerprint density at radius 1 is 0.958 bits per heavy atom. The van der Waals surface area contributed by atoms with E-state index in [2.05, 4.69) is 86.8 Å². The fourth-order valence-electron chi connectivity index (χ4n) is 3.78. The van der Waals surface area contributed by atoms with Crippen LogP contribution in [0.15, 0.2) is 60.7 Å². The predicted octanol–water partition coefficient (Wildman–Crippen LogP) is 3.17. The lowest BCUT2D eigenvalue weighted by Crippen LogP contribution is -2.66. The van der Waals surface area contributed by atoms with Crippen molar-refractivity contribution in [1.82, 2.24) is 5.32 Å². The largest absolute Gasteiger partial charge is 0.407 e. The fourth-order valence-corrected chi connectivity index (χ4v) is 8.40. The second kappa shape index (κ2) is 6.83. The van der Waals surface area contributed by atoms with Crippen molar-refractivity contribution >= 4 is 18.7 Å². The smallest absolute Gasteiger partial charge is 0.261 e. The first-order valence-corrected chi connectivity index (χ1v) is 10.8. The van der Waals surface area contributed by atoms with Crippen LogP contribution in [0.3, 0.4) is 0 Å². The Balaban J connectivity index is 2.04. The third-order valence-electron chi connectivity index (χ3n) is 5.22. The Bertz CT molecular complexity index is 611. The molecule has 24 heavy (non-hydrogen) atoms. The van der Waals surface area contributed by atoms with Gasteiger partial charge in [0.05, 0.1) is 0 Å². The molecule has 0 heterocycles. The number of hydrogen-bond donors (Lipinski definition) is 1. The lowest BCUT2D eigenvalue weighted by atomic mass is 10.2. The molecule has 2 aromatic rings. The van der Waals surface area contributed by atoms with Crippen LogP contribution < -0.4 is 15.7 Å². The lowest BCUT2D eigenvalue weighted by molar-refractivity contribution is 0.277. The van der Waals surface area contributed by atoms with Gasteiger partial charge in [-0.2, -0.15) is 0 Å². The van der Waals surface area contributed by atoms with Crippen molar-refractivity contribution in [2.75, 3.05) is 13.7 Å². The van der Waals surface area contributed by atoms with Crippen molar-refractivity contribution in [1.29, 1.82) is 0 Å². The Kier molecular flexibility index (Phi) is 4.95. The van der Waals surface area contributed by atoms with Crippen molar-refractivity contribution in [3.63, 3.8) is 0 Å². The number of benzene rings is 2. The van der Waals surface area contributed by atoms with Gasteiger partial charge in [0.1, 0.15) is 0 Å². The fraction of sp³-hybridized carbons (Fsp3) is 0.429. The molecule has 0 aliphatic heterocycles. The molecule has 2 atom stereocenters. The van der Waals surface area contributed by atoms with E-state index in [1.165, 1.54) is 16.8 Å². The molecule has 1 saturated carbocycles. The average molecular weight is 340 g/mol. The Morgan fingerprint density at radius 2 is 1.46 bits per heavy atom. The first-order valence-electron chi connectivity index (χ1n) is 8.91. The monoisotopic (exact) mass is 339 g/mol. The van der Waals surface area contributed by atoms with Gasteiger partial charge >= 0.3 is 0 Å². The van der Waals surface area contributed by atoms with Gasteiger partial charge in [0.25, 0.3) is 8.32 Å². The predicted molar refractivity (Wildman–Crippen MR) is 105 cm³/mol. The first-order chi connectivity index (χ1) is 11.5. The van der Waals surface area contributed by atoms with Gasteiger partial charge in [-0.05, 0) is 34.8 Å². The van der Waals surface area contributed by atoms with Crippen LogP contribution in [0.4, 0.5) is 0 Å². The highest BCUT2D eigenvalue weighted by atomic mass is 28.4. The third-order valence-corrected chi connectivity index (χ3v) is 10.2. The molecule has 3 rings (SSSR count). The summed E-state index contributed by atoms with van der Waals surface area (Å²) >= 11 is 0. The van der Waals surface area contributed by atoms with E-state index in [1.807, 2.05) is 7.05 Å². The molecule has 0 saturated heterocycles. The molecular formula is C21H29NOSi. The molecular weight excluding hydrogens is 310 g/mol. The topological polar surface area (TPSA) is 21.3 Å². The zero-order chi connectivity index (χ0) is 17.2. The molecule has 1 aliphatic carbocycles. The molecule has 128 valence electrons. The summed E-state index contributed by atoms with van der Waals surface area (Å²) in [4.78, 5) is 0. The zero-order valence-electron chi connectivity index (χ0n) is 15.3. The van der Waals surface area contributed by atoms with Crippen molar-refractivity contribution in [2.24, 2.45) is 5.92 Å². The molecule has 0 radical (unpaired) electrons. The molecule has 0 spiro atoms. The Labute approximate surface area is 147 Å². The standard InChI is InChI=1S/C21H29NOSi/c1-21(2,3)24(18-11-7-5-8-12-18,19-13-9-6-10-14-19)23-16-17-15-20(17)22-4/h5-14,17,20,22H,15-16H2,1-4H3/t17-,20-/m1/s1. The van der Waals surface area contributed by atoms with Crippen LogP contribution >= 0.6 is 0 Å². The summed E-state index contributed by atoms with van der Waals surface area (Å²) < 4.78 is 6.92. The van der Waals surface area contributed by atoms with Crippen molar-refractivity contribution < 1.29 is 4.43 Å². The summed E-state index contributed by atoms with van der Waals surface area (Å²) in [5.74, 6) is 0.650. The summed E-state index contributed by atoms with van der Waals surface area (Å²) in [5, 5.41) is 6.18. The van der Waals surface area contributed by atoms with Crippen LogP contribution in [-0.4, -0.2) is 28.0 Å². The van der Waals surface area contributed by atoms with Gasteiger partial charge in [-0.1, -0.05) is 81.4 Å². The molecule has 1 N–H and O–H groups in total. The van der Waals surface area contributed by atoms with Crippen LogP contribution in [0.25, 0.3) is 0 Å². The summed E-state index contributed by atoms with van der Waals surface area (Å²) in [6, 6.07) is 22.4. The number of rotatable bonds is 6. The second-order valence-electron chi connectivity index (χ2n) is 7.87. The highest BCUT2D eigenvalue weighted by molar-refractivity contribution is 6.99. The quantitative estimate of drug-likeness (QED) is 0.816. The normalized spacial score (nSPS) is 20.8. The second-order valence-corrected chi connectivity index (χ2v) is 12.2. The van der Waals surface area contributed by atoms with E-state index in [0.29, 0.717) is 12.0 Å². The molecule has 2 nitrogen and oxygen atoms in total. The summed E-state index contributed by atoms with van der Waals surface area (Å²) in [6.07, 6.45) is 1.23. The van der Waals surface area contributed by atoms with Crippen molar-refractivity contribution in [3.8, 4) is 0 Å². The Morgan fingerprint density at radius 3 is 1.83 bits per heavy atom. The van der Waals surface area contributed by atoms with Crippen LogP contribution in [0.2, 0.25) is 5.04 Å².